The normalized spacial score (nSPS) is 19.6. The first-order valence-corrected chi connectivity index (χ1v) is 5.16. The number of carbonyl (C=O) groups is 2. The van der Waals surface area contributed by atoms with E-state index in [0.717, 1.165) is 0 Å². The fourth-order valence-corrected chi connectivity index (χ4v) is 1.59. The van der Waals surface area contributed by atoms with E-state index in [0.29, 0.717) is 10.6 Å². The molecule has 0 bridgehead atoms. The van der Waals surface area contributed by atoms with Crippen LogP contribution in [0, 0.1) is 5.82 Å². The molecular weight excluding hydrogens is 227 g/mol. The Hall–Kier alpha value is -1.95. The van der Waals surface area contributed by atoms with Crippen LogP contribution in [-0.2, 0) is 9.63 Å². The van der Waals surface area contributed by atoms with Crippen LogP contribution in [0.4, 0.5) is 9.18 Å². The number of hydrogen-bond acceptors (Lipinski definition) is 3. The molecule has 0 saturated carbocycles. The smallest absolute Gasteiger partial charge is 0.320 e. The molecule has 1 aromatic rings. The van der Waals surface area contributed by atoms with Gasteiger partial charge in [-0.2, -0.15) is 0 Å². The molecule has 1 heterocycles. The summed E-state index contributed by atoms with van der Waals surface area (Å²) < 4.78 is 12.7. The maximum Gasteiger partial charge on any atom is 0.349 e. The van der Waals surface area contributed by atoms with Crippen LogP contribution in [0.1, 0.15) is 18.5 Å². The van der Waals surface area contributed by atoms with Crippen molar-refractivity contribution in [2.24, 2.45) is 0 Å². The van der Waals surface area contributed by atoms with Gasteiger partial charge in [-0.25, -0.2) is 9.18 Å². The molecular formula is C11H11FN2O3. The minimum Gasteiger partial charge on any atom is -0.320 e. The lowest BCUT2D eigenvalue weighted by Crippen LogP contribution is -2.31. The molecule has 1 unspecified atom stereocenters. The average molecular weight is 238 g/mol. The summed E-state index contributed by atoms with van der Waals surface area (Å²) in [5.74, 6) is -0.893. The van der Waals surface area contributed by atoms with Crippen LogP contribution in [0.15, 0.2) is 24.3 Å². The topological polar surface area (TPSA) is 58.6 Å². The van der Waals surface area contributed by atoms with E-state index in [2.05, 4.69) is 5.32 Å². The van der Waals surface area contributed by atoms with Gasteiger partial charge >= 0.3 is 6.03 Å². The fourth-order valence-electron chi connectivity index (χ4n) is 1.59. The van der Waals surface area contributed by atoms with Crippen molar-refractivity contribution in [3.63, 3.8) is 0 Å². The van der Waals surface area contributed by atoms with E-state index in [1.54, 1.807) is 6.92 Å². The second-order valence-electron chi connectivity index (χ2n) is 3.48. The number of urea groups is 1. The number of nitrogens with one attached hydrogen (secondary N) is 1. The van der Waals surface area contributed by atoms with E-state index in [9.17, 15) is 14.0 Å². The van der Waals surface area contributed by atoms with Gasteiger partial charge in [-0.15, -0.1) is 5.06 Å². The lowest BCUT2D eigenvalue weighted by Gasteiger charge is -2.10. The predicted molar refractivity (Wildman–Crippen MR) is 56.1 cm³/mol. The van der Waals surface area contributed by atoms with Gasteiger partial charge in [-0.1, -0.05) is 12.1 Å². The largest absolute Gasteiger partial charge is 0.349 e. The van der Waals surface area contributed by atoms with E-state index in [4.69, 9.17) is 4.84 Å². The van der Waals surface area contributed by atoms with Gasteiger partial charge in [0.05, 0.1) is 6.61 Å². The van der Waals surface area contributed by atoms with Crippen molar-refractivity contribution >= 4 is 11.9 Å². The summed E-state index contributed by atoms with van der Waals surface area (Å²) in [7, 11) is 0. The first-order chi connectivity index (χ1) is 8.13. The number of amides is 3. The van der Waals surface area contributed by atoms with Crippen LogP contribution >= 0.6 is 0 Å². The lowest BCUT2D eigenvalue weighted by molar-refractivity contribution is -0.162. The quantitative estimate of drug-likeness (QED) is 0.809. The van der Waals surface area contributed by atoms with Gasteiger partial charge in [0.1, 0.15) is 11.9 Å². The first-order valence-electron chi connectivity index (χ1n) is 5.16. The number of hydrogen-bond donors (Lipinski definition) is 1. The van der Waals surface area contributed by atoms with Gasteiger partial charge in [0.25, 0.3) is 5.91 Å². The molecule has 3 amide bonds. The minimum absolute atomic E-state index is 0.218. The number of carbonyl (C=O) groups excluding carboxylic acids is 2. The van der Waals surface area contributed by atoms with Gasteiger partial charge < -0.3 is 5.32 Å². The molecule has 90 valence electrons. The van der Waals surface area contributed by atoms with Crippen molar-refractivity contribution in [1.29, 1.82) is 0 Å². The van der Waals surface area contributed by atoms with Crippen molar-refractivity contribution in [1.82, 2.24) is 10.4 Å². The molecule has 1 aliphatic rings. The van der Waals surface area contributed by atoms with E-state index in [1.807, 2.05) is 0 Å². The second-order valence-corrected chi connectivity index (χ2v) is 3.48. The average Bonchev–Trinajstić information content (AvgIpc) is 2.59. The van der Waals surface area contributed by atoms with Gasteiger partial charge in [0, 0.05) is 0 Å². The Kier molecular flexibility index (Phi) is 3.06. The first kappa shape index (κ1) is 11.5. The summed E-state index contributed by atoms with van der Waals surface area (Å²) in [4.78, 5) is 28.1. The van der Waals surface area contributed by atoms with Crippen molar-refractivity contribution in [3.8, 4) is 0 Å². The molecule has 2 rings (SSSR count). The number of hydroxylamine groups is 2. The molecule has 6 heteroatoms. The Labute approximate surface area is 97.1 Å². The number of rotatable bonds is 3. The van der Waals surface area contributed by atoms with Crippen LogP contribution < -0.4 is 5.32 Å². The maximum absolute atomic E-state index is 12.7. The summed E-state index contributed by atoms with van der Waals surface area (Å²) in [6, 6.07) is 3.96. The van der Waals surface area contributed by atoms with Crippen LogP contribution in [0.3, 0.4) is 0 Å². The number of benzene rings is 1. The molecule has 1 aliphatic heterocycles. The summed E-state index contributed by atoms with van der Waals surface area (Å²) in [5.41, 5.74) is 0.520. The third-order valence-electron chi connectivity index (χ3n) is 2.36. The molecule has 17 heavy (non-hydrogen) atoms. The Bertz CT molecular complexity index is 447. The highest BCUT2D eigenvalue weighted by atomic mass is 19.1. The Morgan fingerprint density at radius 1 is 1.35 bits per heavy atom. The summed E-state index contributed by atoms with van der Waals surface area (Å²) in [5, 5.41) is 3.15. The summed E-state index contributed by atoms with van der Waals surface area (Å²) >= 11 is 0. The monoisotopic (exact) mass is 238 g/mol. The number of imide groups is 1. The van der Waals surface area contributed by atoms with E-state index < -0.39 is 23.8 Å². The standard InChI is InChI=1S/C11H11FN2O3/c1-2-17-14-10(15)9(13-11(14)16)7-3-5-8(12)6-4-7/h3-6,9H,2H2,1H3,(H,13,16). The SMILES string of the molecule is CCON1C(=O)NC(c2ccc(F)cc2)C1=O. The molecule has 1 fully saturated rings. The van der Waals surface area contributed by atoms with Crippen LogP contribution in [0.25, 0.3) is 0 Å². The Balaban J connectivity index is 2.21. The highest BCUT2D eigenvalue weighted by Crippen LogP contribution is 2.22. The highest BCUT2D eigenvalue weighted by Gasteiger charge is 2.39. The molecule has 5 nitrogen and oxygen atoms in total. The van der Waals surface area contributed by atoms with E-state index in [-0.39, 0.29) is 6.61 Å². The van der Waals surface area contributed by atoms with Crippen LogP contribution in [0.2, 0.25) is 0 Å². The second kappa shape index (κ2) is 4.50. The number of nitrogens with zero attached hydrogens (tertiary/aromatic N) is 1. The zero-order chi connectivity index (χ0) is 12.4. The molecule has 1 aromatic carbocycles. The third kappa shape index (κ3) is 2.12. The molecule has 0 aliphatic carbocycles. The molecule has 0 spiro atoms. The summed E-state index contributed by atoms with van der Waals surface area (Å²) in [6.45, 7) is 1.89. The molecule has 0 aromatic heterocycles. The minimum atomic E-state index is -0.811. The van der Waals surface area contributed by atoms with Crippen molar-refractivity contribution in [3.05, 3.63) is 35.6 Å². The van der Waals surface area contributed by atoms with E-state index >= 15 is 0 Å². The van der Waals surface area contributed by atoms with Gasteiger partial charge in [-0.3, -0.25) is 9.63 Å². The zero-order valence-electron chi connectivity index (χ0n) is 9.14. The van der Waals surface area contributed by atoms with Crippen molar-refractivity contribution in [2.45, 2.75) is 13.0 Å². The van der Waals surface area contributed by atoms with Crippen molar-refractivity contribution < 1.29 is 18.8 Å². The zero-order valence-corrected chi connectivity index (χ0v) is 9.14. The number of halogens is 1. The highest BCUT2D eigenvalue weighted by molar-refractivity contribution is 6.03. The van der Waals surface area contributed by atoms with Gasteiger partial charge in [-0.05, 0) is 24.6 Å². The lowest BCUT2D eigenvalue weighted by atomic mass is 10.1. The van der Waals surface area contributed by atoms with Gasteiger partial charge in [0.2, 0.25) is 0 Å². The van der Waals surface area contributed by atoms with Crippen molar-refractivity contribution in [2.75, 3.05) is 6.61 Å². The Morgan fingerprint density at radius 2 is 2.00 bits per heavy atom. The van der Waals surface area contributed by atoms with E-state index in [1.165, 1.54) is 24.3 Å². The van der Waals surface area contributed by atoms with Gasteiger partial charge in [0.15, 0.2) is 0 Å². The third-order valence-corrected chi connectivity index (χ3v) is 2.36. The predicted octanol–water partition coefficient (Wildman–Crippen LogP) is 1.37. The molecule has 1 atom stereocenters. The van der Waals surface area contributed by atoms with Crippen LogP contribution in [-0.4, -0.2) is 23.6 Å². The Morgan fingerprint density at radius 3 is 2.59 bits per heavy atom. The van der Waals surface area contributed by atoms with Crippen LogP contribution in [0.5, 0.6) is 0 Å². The molecule has 1 saturated heterocycles. The molecule has 1 N–H and O–H groups in total. The maximum atomic E-state index is 12.7. The molecule has 0 radical (unpaired) electrons. The summed E-state index contributed by atoms with van der Waals surface area (Å²) in [6.07, 6.45) is 0. The fraction of sp³-hybridized carbons (Fsp3) is 0.273.